The summed E-state index contributed by atoms with van der Waals surface area (Å²) in [5.41, 5.74) is -0.208. The lowest BCUT2D eigenvalue weighted by molar-refractivity contribution is -0.384. The van der Waals surface area contributed by atoms with Gasteiger partial charge in [-0.1, -0.05) is 17.7 Å². The fraction of sp³-hybridized carbons (Fsp3) is 0.0833. The largest absolute Gasteiger partial charge is 0.456 e. The van der Waals surface area contributed by atoms with E-state index >= 15 is 0 Å². The molecule has 0 saturated carbocycles. The van der Waals surface area contributed by atoms with Crippen molar-refractivity contribution in [2.45, 2.75) is 6.61 Å². The molecule has 0 amide bonds. The van der Waals surface area contributed by atoms with Crippen LogP contribution in [0.4, 0.5) is 5.69 Å². The number of nitrogens with zero attached hydrogens (tertiary/aromatic N) is 1. The molecule has 7 heteroatoms. The van der Waals surface area contributed by atoms with Gasteiger partial charge in [-0.05, 0) is 17.5 Å². The molecule has 0 aliphatic heterocycles. The molecule has 0 unspecified atom stereocenters. The fourth-order valence-electron chi connectivity index (χ4n) is 1.39. The average molecular weight is 298 g/mol. The molecule has 0 fully saturated rings. The van der Waals surface area contributed by atoms with Crippen LogP contribution < -0.4 is 0 Å². The van der Waals surface area contributed by atoms with Crippen molar-refractivity contribution in [3.63, 3.8) is 0 Å². The number of non-ortho nitro benzene ring substituents is 1. The van der Waals surface area contributed by atoms with Crippen molar-refractivity contribution in [3.05, 3.63) is 61.3 Å². The maximum Gasteiger partial charge on any atom is 0.340 e. The quantitative estimate of drug-likeness (QED) is 0.490. The van der Waals surface area contributed by atoms with Crippen molar-refractivity contribution in [1.82, 2.24) is 0 Å². The SMILES string of the molecule is O=C(OCc1cccs1)c1cc([N+](=O)[O-])ccc1Cl. The Kier molecular flexibility index (Phi) is 4.13. The number of nitro benzene ring substituents is 1. The molecule has 0 radical (unpaired) electrons. The maximum atomic E-state index is 11.8. The van der Waals surface area contributed by atoms with Gasteiger partial charge in [0.15, 0.2) is 0 Å². The third kappa shape index (κ3) is 3.30. The van der Waals surface area contributed by atoms with Crippen LogP contribution in [0.15, 0.2) is 35.7 Å². The Morgan fingerprint density at radius 3 is 2.84 bits per heavy atom. The number of ether oxygens (including phenoxy) is 1. The topological polar surface area (TPSA) is 69.4 Å². The van der Waals surface area contributed by atoms with Gasteiger partial charge < -0.3 is 4.74 Å². The minimum absolute atomic E-state index is 0.00702. The third-order valence-electron chi connectivity index (χ3n) is 2.31. The molecular weight excluding hydrogens is 290 g/mol. The van der Waals surface area contributed by atoms with Crippen LogP contribution in [0.1, 0.15) is 15.2 Å². The highest BCUT2D eigenvalue weighted by Crippen LogP contribution is 2.23. The molecule has 2 aromatic rings. The molecule has 2 rings (SSSR count). The molecule has 1 heterocycles. The van der Waals surface area contributed by atoms with Crippen LogP contribution in [0, 0.1) is 10.1 Å². The van der Waals surface area contributed by atoms with Gasteiger partial charge in [0, 0.05) is 17.0 Å². The molecule has 0 bridgehead atoms. The van der Waals surface area contributed by atoms with Gasteiger partial charge in [-0.25, -0.2) is 4.79 Å². The zero-order chi connectivity index (χ0) is 13.8. The highest BCUT2D eigenvalue weighted by molar-refractivity contribution is 7.09. The van der Waals surface area contributed by atoms with Crippen molar-refractivity contribution < 1.29 is 14.5 Å². The van der Waals surface area contributed by atoms with E-state index in [4.69, 9.17) is 16.3 Å². The Morgan fingerprint density at radius 1 is 1.42 bits per heavy atom. The van der Waals surface area contributed by atoms with Crippen LogP contribution in [0.2, 0.25) is 5.02 Å². The molecule has 0 aliphatic rings. The van der Waals surface area contributed by atoms with Crippen molar-refractivity contribution in [3.8, 4) is 0 Å². The smallest absolute Gasteiger partial charge is 0.340 e. The summed E-state index contributed by atoms with van der Waals surface area (Å²) >= 11 is 7.29. The van der Waals surface area contributed by atoms with E-state index in [1.807, 2.05) is 17.5 Å². The van der Waals surface area contributed by atoms with Gasteiger partial charge in [-0.2, -0.15) is 0 Å². The third-order valence-corrected chi connectivity index (χ3v) is 3.49. The second-order valence-corrected chi connectivity index (χ2v) is 5.02. The van der Waals surface area contributed by atoms with Gasteiger partial charge >= 0.3 is 5.97 Å². The Balaban J connectivity index is 2.14. The number of hydrogen-bond donors (Lipinski definition) is 0. The number of carbonyl (C=O) groups excluding carboxylic acids is 1. The van der Waals surface area contributed by atoms with E-state index in [1.54, 1.807) is 0 Å². The predicted octanol–water partition coefficient (Wildman–Crippen LogP) is 3.67. The van der Waals surface area contributed by atoms with E-state index in [1.165, 1.54) is 23.5 Å². The highest BCUT2D eigenvalue weighted by Gasteiger charge is 2.17. The van der Waals surface area contributed by atoms with Gasteiger partial charge in [-0.3, -0.25) is 10.1 Å². The first kappa shape index (κ1) is 13.5. The number of nitro groups is 1. The van der Waals surface area contributed by atoms with E-state index in [-0.39, 0.29) is 22.9 Å². The first-order chi connectivity index (χ1) is 9.08. The van der Waals surface area contributed by atoms with E-state index in [9.17, 15) is 14.9 Å². The molecule has 0 atom stereocenters. The Morgan fingerprint density at radius 2 is 2.21 bits per heavy atom. The predicted molar refractivity (Wildman–Crippen MR) is 71.5 cm³/mol. The summed E-state index contributed by atoms with van der Waals surface area (Å²) in [6.07, 6.45) is 0. The lowest BCUT2D eigenvalue weighted by Crippen LogP contribution is -2.06. The Hall–Kier alpha value is -1.92. The number of thiophene rings is 1. The van der Waals surface area contributed by atoms with Gasteiger partial charge in [0.1, 0.15) is 6.61 Å². The molecular formula is C12H8ClNO4S. The Labute approximate surface area is 117 Å². The first-order valence-corrected chi connectivity index (χ1v) is 6.47. The summed E-state index contributed by atoms with van der Waals surface area (Å²) in [7, 11) is 0. The summed E-state index contributed by atoms with van der Waals surface area (Å²) in [5.74, 6) is -0.679. The summed E-state index contributed by atoms with van der Waals surface area (Å²) in [4.78, 5) is 22.7. The molecule has 0 saturated heterocycles. The van der Waals surface area contributed by atoms with Gasteiger partial charge in [0.2, 0.25) is 0 Å². The number of esters is 1. The lowest BCUT2D eigenvalue weighted by atomic mass is 10.2. The second kappa shape index (κ2) is 5.81. The zero-order valence-corrected chi connectivity index (χ0v) is 11.1. The van der Waals surface area contributed by atoms with Crippen LogP contribution in [0.25, 0.3) is 0 Å². The molecule has 19 heavy (non-hydrogen) atoms. The number of rotatable bonds is 4. The molecule has 98 valence electrons. The van der Waals surface area contributed by atoms with Crippen molar-refractivity contribution in [1.29, 1.82) is 0 Å². The van der Waals surface area contributed by atoms with E-state index in [0.29, 0.717) is 0 Å². The van der Waals surface area contributed by atoms with Crippen LogP contribution in [-0.4, -0.2) is 10.9 Å². The van der Waals surface area contributed by atoms with Crippen molar-refractivity contribution in [2.24, 2.45) is 0 Å². The van der Waals surface area contributed by atoms with Gasteiger partial charge in [-0.15, -0.1) is 11.3 Å². The van der Waals surface area contributed by atoms with E-state index < -0.39 is 10.9 Å². The van der Waals surface area contributed by atoms with Crippen LogP contribution in [0.5, 0.6) is 0 Å². The first-order valence-electron chi connectivity index (χ1n) is 5.21. The van der Waals surface area contributed by atoms with Crippen molar-refractivity contribution >= 4 is 34.6 Å². The number of halogens is 1. The maximum absolute atomic E-state index is 11.8. The number of benzene rings is 1. The van der Waals surface area contributed by atoms with Crippen LogP contribution in [-0.2, 0) is 11.3 Å². The van der Waals surface area contributed by atoms with Crippen LogP contribution in [0.3, 0.4) is 0 Å². The van der Waals surface area contributed by atoms with E-state index in [2.05, 4.69) is 0 Å². The molecule has 1 aromatic carbocycles. The molecule has 0 N–H and O–H groups in total. The minimum Gasteiger partial charge on any atom is -0.456 e. The summed E-state index contributed by atoms with van der Waals surface area (Å²) in [5, 5.41) is 12.6. The fourth-order valence-corrected chi connectivity index (χ4v) is 2.20. The lowest BCUT2D eigenvalue weighted by Gasteiger charge is -2.05. The number of hydrogen-bond acceptors (Lipinski definition) is 5. The zero-order valence-electron chi connectivity index (χ0n) is 9.54. The Bertz CT molecular complexity index is 612. The standard InChI is InChI=1S/C12H8ClNO4S/c13-11-4-3-8(14(16)17)6-10(11)12(15)18-7-9-2-1-5-19-9/h1-6H,7H2. The van der Waals surface area contributed by atoms with E-state index in [0.717, 1.165) is 10.9 Å². The second-order valence-electron chi connectivity index (χ2n) is 3.58. The normalized spacial score (nSPS) is 10.2. The number of carbonyl (C=O) groups is 1. The molecule has 0 aliphatic carbocycles. The average Bonchev–Trinajstić information content (AvgIpc) is 2.89. The monoisotopic (exact) mass is 297 g/mol. The summed E-state index contributed by atoms with van der Waals surface area (Å²) in [6.45, 7) is 0.121. The molecule has 5 nitrogen and oxygen atoms in total. The summed E-state index contributed by atoms with van der Waals surface area (Å²) < 4.78 is 5.05. The van der Waals surface area contributed by atoms with Crippen LogP contribution >= 0.6 is 22.9 Å². The molecule has 0 spiro atoms. The van der Waals surface area contributed by atoms with Gasteiger partial charge in [0.05, 0.1) is 15.5 Å². The minimum atomic E-state index is -0.679. The van der Waals surface area contributed by atoms with Gasteiger partial charge in [0.25, 0.3) is 5.69 Å². The van der Waals surface area contributed by atoms with Crippen molar-refractivity contribution in [2.75, 3.05) is 0 Å². The molecule has 1 aromatic heterocycles. The summed E-state index contributed by atoms with van der Waals surface area (Å²) in [6, 6.07) is 7.32. The highest BCUT2D eigenvalue weighted by atomic mass is 35.5.